The maximum absolute atomic E-state index is 11.9. The maximum atomic E-state index is 11.9. The van der Waals surface area contributed by atoms with E-state index in [0.29, 0.717) is 23.8 Å². The molecule has 1 aromatic rings. The van der Waals surface area contributed by atoms with Crippen molar-refractivity contribution in [3.8, 4) is 11.5 Å². The van der Waals surface area contributed by atoms with E-state index in [1.54, 1.807) is 7.11 Å². The van der Waals surface area contributed by atoms with Gasteiger partial charge in [-0.25, -0.2) is 0 Å². The third kappa shape index (κ3) is 1.26. The zero-order valence-corrected chi connectivity index (χ0v) is 9.08. The molecule has 84 valence electrons. The Hall–Kier alpha value is -1.71. The minimum atomic E-state index is -0.288. The summed E-state index contributed by atoms with van der Waals surface area (Å²) in [6.07, 6.45) is 1.82. The molecule has 2 aliphatic rings. The summed E-state index contributed by atoms with van der Waals surface area (Å²) in [5.41, 5.74) is 0.414. The number of hydrogen-bond donors (Lipinski definition) is 1. The normalized spacial score (nSPS) is 20.4. The molecule has 16 heavy (non-hydrogen) atoms. The zero-order chi connectivity index (χ0) is 11.2. The van der Waals surface area contributed by atoms with E-state index in [-0.39, 0.29) is 11.3 Å². The molecule has 0 bridgehead atoms. The molecule has 0 radical (unpaired) electrons. The average molecular weight is 219 g/mol. The van der Waals surface area contributed by atoms with Gasteiger partial charge in [0.1, 0.15) is 6.61 Å². The highest BCUT2D eigenvalue weighted by atomic mass is 16.5. The highest BCUT2D eigenvalue weighted by Crippen LogP contribution is 2.50. The van der Waals surface area contributed by atoms with Crippen LogP contribution in [-0.2, 0) is 4.79 Å². The maximum Gasteiger partial charge on any atom is 0.234 e. The number of nitrogens with one attached hydrogen (secondary N) is 1. The van der Waals surface area contributed by atoms with Gasteiger partial charge in [-0.05, 0) is 25.0 Å². The van der Waals surface area contributed by atoms with Crippen LogP contribution in [0.2, 0.25) is 0 Å². The summed E-state index contributed by atoms with van der Waals surface area (Å²) in [4.78, 5) is 11.9. The highest BCUT2D eigenvalue weighted by molar-refractivity contribution is 5.99. The summed E-state index contributed by atoms with van der Waals surface area (Å²) in [5, 5.41) is 2.91. The lowest BCUT2D eigenvalue weighted by atomic mass is 10.1. The number of carbonyl (C=O) groups is 1. The second kappa shape index (κ2) is 3.14. The number of amides is 1. The Kier molecular flexibility index (Phi) is 1.87. The van der Waals surface area contributed by atoms with E-state index in [9.17, 15) is 4.79 Å². The Labute approximate surface area is 93.5 Å². The molecule has 3 rings (SSSR count). The summed E-state index contributed by atoms with van der Waals surface area (Å²) in [5.74, 6) is 1.37. The minimum Gasteiger partial charge on any atom is -0.493 e. The van der Waals surface area contributed by atoms with E-state index in [1.165, 1.54) is 0 Å². The fourth-order valence-electron chi connectivity index (χ4n) is 1.98. The predicted molar refractivity (Wildman–Crippen MR) is 58.8 cm³/mol. The smallest absolute Gasteiger partial charge is 0.234 e. The first-order chi connectivity index (χ1) is 7.75. The van der Waals surface area contributed by atoms with Gasteiger partial charge in [-0.2, -0.15) is 0 Å². The van der Waals surface area contributed by atoms with Gasteiger partial charge in [0.15, 0.2) is 11.5 Å². The molecule has 0 unspecified atom stereocenters. The first-order valence-corrected chi connectivity index (χ1v) is 5.36. The molecule has 1 spiro atoms. The van der Waals surface area contributed by atoms with Gasteiger partial charge >= 0.3 is 0 Å². The quantitative estimate of drug-likeness (QED) is 0.783. The first kappa shape index (κ1) is 9.51. The Bertz CT molecular complexity index is 452. The SMILES string of the molecule is COc1cccc2c1OCC1(CC1)C(=O)N2. The van der Waals surface area contributed by atoms with Crippen molar-refractivity contribution < 1.29 is 14.3 Å². The van der Waals surface area contributed by atoms with Crippen LogP contribution < -0.4 is 14.8 Å². The zero-order valence-electron chi connectivity index (χ0n) is 9.08. The van der Waals surface area contributed by atoms with Crippen molar-refractivity contribution in [2.75, 3.05) is 19.0 Å². The lowest BCUT2D eigenvalue weighted by molar-refractivity contribution is -0.121. The van der Waals surface area contributed by atoms with Gasteiger partial charge in [0.25, 0.3) is 0 Å². The fourth-order valence-corrected chi connectivity index (χ4v) is 1.98. The van der Waals surface area contributed by atoms with Gasteiger partial charge in [0.2, 0.25) is 5.91 Å². The van der Waals surface area contributed by atoms with Gasteiger partial charge < -0.3 is 14.8 Å². The third-order valence-corrected chi connectivity index (χ3v) is 3.28. The van der Waals surface area contributed by atoms with E-state index >= 15 is 0 Å². The Morgan fingerprint density at radius 2 is 2.25 bits per heavy atom. The summed E-state index contributed by atoms with van der Waals surface area (Å²) in [6.45, 7) is 0.451. The number of ether oxygens (including phenoxy) is 2. The molecule has 1 aliphatic heterocycles. The molecule has 1 fully saturated rings. The molecular weight excluding hydrogens is 206 g/mol. The van der Waals surface area contributed by atoms with E-state index < -0.39 is 0 Å². The lowest BCUT2D eigenvalue weighted by Gasteiger charge is -2.11. The van der Waals surface area contributed by atoms with Gasteiger partial charge in [-0.3, -0.25) is 4.79 Å². The second-order valence-electron chi connectivity index (χ2n) is 4.36. The van der Waals surface area contributed by atoms with Crippen LogP contribution in [0.1, 0.15) is 12.8 Å². The van der Waals surface area contributed by atoms with Crippen LogP contribution in [0, 0.1) is 5.41 Å². The van der Waals surface area contributed by atoms with E-state index in [4.69, 9.17) is 9.47 Å². The Balaban J connectivity index is 2.02. The van der Waals surface area contributed by atoms with Crippen LogP contribution in [0.5, 0.6) is 11.5 Å². The number of carbonyl (C=O) groups excluding carboxylic acids is 1. The molecule has 1 amide bonds. The Morgan fingerprint density at radius 3 is 2.94 bits per heavy atom. The van der Waals surface area contributed by atoms with Crippen molar-refractivity contribution in [1.29, 1.82) is 0 Å². The number of benzene rings is 1. The molecule has 1 heterocycles. The first-order valence-electron chi connectivity index (χ1n) is 5.36. The second-order valence-corrected chi connectivity index (χ2v) is 4.36. The molecule has 1 saturated carbocycles. The average Bonchev–Trinajstić information content (AvgIpc) is 3.09. The summed E-state index contributed by atoms with van der Waals surface area (Å²) >= 11 is 0. The topological polar surface area (TPSA) is 47.6 Å². The van der Waals surface area contributed by atoms with E-state index in [0.717, 1.165) is 12.8 Å². The minimum absolute atomic E-state index is 0.0690. The number of methoxy groups -OCH3 is 1. The predicted octanol–water partition coefficient (Wildman–Crippen LogP) is 1.81. The number of hydrogen-bond acceptors (Lipinski definition) is 3. The van der Waals surface area contributed by atoms with Crippen molar-refractivity contribution >= 4 is 11.6 Å². The monoisotopic (exact) mass is 219 g/mol. The Morgan fingerprint density at radius 1 is 1.44 bits per heavy atom. The van der Waals surface area contributed by atoms with Crippen molar-refractivity contribution in [3.63, 3.8) is 0 Å². The van der Waals surface area contributed by atoms with Gasteiger partial charge in [0, 0.05) is 0 Å². The molecule has 0 saturated heterocycles. The standard InChI is InChI=1S/C12H13NO3/c1-15-9-4-2-3-8-10(9)16-7-12(5-6-12)11(14)13-8/h2-4H,5-7H2,1H3,(H,13,14). The molecule has 0 aromatic heterocycles. The molecule has 4 heteroatoms. The van der Waals surface area contributed by atoms with Gasteiger partial charge in [0.05, 0.1) is 18.2 Å². The summed E-state index contributed by atoms with van der Waals surface area (Å²) < 4.78 is 10.9. The van der Waals surface area contributed by atoms with Gasteiger partial charge in [-0.15, -0.1) is 0 Å². The molecule has 1 N–H and O–H groups in total. The van der Waals surface area contributed by atoms with Crippen LogP contribution in [0.4, 0.5) is 5.69 Å². The van der Waals surface area contributed by atoms with Crippen molar-refractivity contribution in [3.05, 3.63) is 18.2 Å². The third-order valence-electron chi connectivity index (χ3n) is 3.28. The highest BCUT2D eigenvalue weighted by Gasteiger charge is 2.52. The molecule has 0 atom stereocenters. The van der Waals surface area contributed by atoms with Crippen molar-refractivity contribution in [2.45, 2.75) is 12.8 Å². The number of para-hydroxylation sites is 1. The van der Waals surface area contributed by atoms with E-state index in [1.807, 2.05) is 18.2 Å². The van der Waals surface area contributed by atoms with Crippen molar-refractivity contribution in [1.82, 2.24) is 0 Å². The molecule has 4 nitrogen and oxygen atoms in total. The molecular formula is C12H13NO3. The van der Waals surface area contributed by atoms with Crippen LogP contribution in [0.3, 0.4) is 0 Å². The molecule has 1 aromatic carbocycles. The van der Waals surface area contributed by atoms with Crippen LogP contribution in [0.15, 0.2) is 18.2 Å². The van der Waals surface area contributed by atoms with Gasteiger partial charge in [-0.1, -0.05) is 6.07 Å². The number of anilines is 1. The summed E-state index contributed by atoms with van der Waals surface area (Å²) in [6, 6.07) is 5.50. The van der Waals surface area contributed by atoms with Crippen LogP contribution in [-0.4, -0.2) is 19.6 Å². The fraction of sp³-hybridized carbons (Fsp3) is 0.417. The van der Waals surface area contributed by atoms with Crippen LogP contribution in [0.25, 0.3) is 0 Å². The molecule has 1 aliphatic carbocycles. The lowest BCUT2D eigenvalue weighted by Crippen LogP contribution is -2.26. The number of rotatable bonds is 1. The largest absolute Gasteiger partial charge is 0.493 e. The summed E-state index contributed by atoms with van der Waals surface area (Å²) in [7, 11) is 1.60. The number of fused-ring (bicyclic) bond motifs is 1. The van der Waals surface area contributed by atoms with E-state index in [2.05, 4.69) is 5.32 Å². The van der Waals surface area contributed by atoms with Crippen LogP contribution >= 0.6 is 0 Å². The van der Waals surface area contributed by atoms with Crippen molar-refractivity contribution in [2.24, 2.45) is 5.41 Å².